The minimum atomic E-state index is -1.01. The number of rotatable bonds is 1. The maximum atomic E-state index is 13.7. The van der Waals surface area contributed by atoms with Crippen molar-refractivity contribution in [1.82, 2.24) is 10.2 Å². The van der Waals surface area contributed by atoms with Crippen molar-refractivity contribution < 1.29 is 14.0 Å². The quantitative estimate of drug-likeness (QED) is 0.855. The van der Waals surface area contributed by atoms with E-state index in [9.17, 15) is 14.0 Å². The Bertz CT molecular complexity index is 545. The van der Waals surface area contributed by atoms with Gasteiger partial charge in [0.1, 0.15) is 11.4 Å². The lowest BCUT2D eigenvalue weighted by molar-refractivity contribution is -0.133. The first-order valence-electron chi connectivity index (χ1n) is 5.89. The second kappa shape index (κ2) is 4.81. The second-order valence-corrected chi connectivity index (χ2v) is 5.33. The molecule has 2 rings (SSSR count). The molecule has 0 unspecified atom stereocenters. The normalized spacial score (nSPS) is 18.1. The zero-order chi connectivity index (χ0) is 14.2. The van der Waals surface area contributed by atoms with Crippen LogP contribution in [0.15, 0.2) is 18.2 Å². The third kappa shape index (κ3) is 2.42. The van der Waals surface area contributed by atoms with Gasteiger partial charge in [0.15, 0.2) is 0 Å². The average Bonchev–Trinajstić information content (AvgIpc) is 2.35. The van der Waals surface area contributed by atoms with E-state index in [-0.39, 0.29) is 16.5 Å². The Hall–Kier alpha value is -1.62. The van der Waals surface area contributed by atoms with Gasteiger partial charge in [-0.1, -0.05) is 11.6 Å². The summed E-state index contributed by atoms with van der Waals surface area (Å²) in [6, 6.07) is 3.80. The second-order valence-electron chi connectivity index (χ2n) is 4.90. The van der Waals surface area contributed by atoms with Gasteiger partial charge in [0, 0.05) is 18.1 Å². The standard InChI is InChI=1S/C13H14ClFN2O2/c1-13(2)12(19)16-5-6-17(13)11(18)9-7-8(14)3-4-10(9)15/h3-4,7H,5-6H2,1-2H3,(H,16,19). The van der Waals surface area contributed by atoms with Crippen molar-refractivity contribution in [3.8, 4) is 0 Å². The van der Waals surface area contributed by atoms with Crippen LogP contribution in [0.25, 0.3) is 0 Å². The molecule has 1 aromatic carbocycles. The van der Waals surface area contributed by atoms with Gasteiger partial charge in [-0.05, 0) is 32.0 Å². The molecule has 0 aliphatic carbocycles. The molecule has 1 saturated heterocycles. The van der Waals surface area contributed by atoms with Gasteiger partial charge < -0.3 is 10.2 Å². The maximum absolute atomic E-state index is 13.7. The highest BCUT2D eigenvalue weighted by molar-refractivity contribution is 6.31. The van der Waals surface area contributed by atoms with Crippen LogP contribution in [-0.2, 0) is 4.79 Å². The van der Waals surface area contributed by atoms with Crippen molar-refractivity contribution in [2.75, 3.05) is 13.1 Å². The van der Waals surface area contributed by atoms with Gasteiger partial charge in [0.2, 0.25) is 5.91 Å². The van der Waals surface area contributed by atoms with Crippen molar-refractivity contribution >= 4 is 23.4 Å². The van der Waals surface area contributed by atoms with E-state index in [1.165, 1.54) is 17.0 Å². The van der Waals surface area contributed by atoms with Crippen molar-refractivity contribution in [3.05, 3.63) is 34.6 Å². The number of nitrogens with zero attached hydrogens (tertiary/aromatic N) is 1. The Morgan fingerprint density at radius 3 is 2.84 bits per heavy atom. The Morgan fingerprint density at radius 2 is 2.16 bits per heavy atom. The Labute approximate surface area is 115 Å². The van der Waals surface area contributed by atoms with Crippen LogP contribution in [0.2, 0.25) is 5.02 Å². The number of piperazine rings is 1. The van der Waals surface area contributed by atoms with Crippen LogP contribution in [0.1, 0.15) is 24.2 Å². The largest absolute Gasteiger partial charge is 0.352 e. The minimum absolute atomic E-state index is 0.115. The third-order valence-electron chi connectivity index (χ3n) is 3.26. The van der Waals surface area contributed by atoms with Crippen LogP contribution in [0.5, 0.6) is 0 Å². The summed E-state index contributed by atoms with van der Waals surface area (Å²) in [6.45, 7) is 3.95. The van der Waals surface area contributed by atoms with E-state index in [1.54, 1.807) is 13.8 Å². The predicted octanol–water partition coefficient (Wildman–Crippen LogP) is 1.83. The fourth-order valence-corrected chi connectivity index (χ4v) is 2.23. The minimum Gasteiger partial charge on any atom is -0.352 e. The molecule has 6 heteroatoms. The van der Waals surface area contributed by atoms with E-state index in [1.807, 2.05) is 0 Å². The smallest absolute Gasteiger partial charge is 0.257 e. The zero-order valence-corrected chi connectivity index (χ0v) is 11.4. The van der Waals surface area contributed by atoms with Crippen LogP contribution in [-0.4, -0.2) is 35.3 Å². The van der Waals surface area contributed by atoms with Crippen molar-refractivity contribution in [1.29, 1.82) is 0 Å². The maximum Gasteiger partial charge on any atom is 0.257 e. The SMILES string of the molecule is CC1(C)C(=O)NCCN1C(=O)c1cc(Cl)ccc1F. The van der Waals surface area contributed by atoms with E-state index in [0.717, 1.165) is 6.07 Å². The number of hydrogen-bond acceptors (Lipinski definition) is 2. The monoisotopic (exact) mass is 284 g/mol. The molecule has 0 spiro atoms. The van der Waals surface area contributed by atoms with E-state index < -0.39 is 17.3 Å². The number of carbonyl (C=O) groups excluding carboxylic acids is 2. The van der Waals surface area contributed by atoms with Crippen LogP contribution in [0, 0.1) is 5.82 Å². The molecule has 1 fully saturated rings. The molecular weight excluding hydrogens is 271 g/mol. The molecule has 0 bridgehead atoms. The lowest BCUT2D eigenvalue weighted by Gasteiger charge is -2.41. The van der Waals surface area contributed by atoms with Gasteiger partial charge >= 0.3 is 0 Å². The lowest BCUT2D eigenvalue weighted by Crippen LogP contribution is -2.63. The first kappa shape index (κ1) is 13.8. The predicted molar refractivity (Wildman–Crippen MR) is 69.5 cm³/mol. The average molecular weight is 285 g/mol. The summed E-state index contributed by atoms with van der Waals surface area (Å²) >= 11 is 5.78. The highest BCUT2D eigenvalue weighted by Gasteiger charge is 2.41. The summed E-state index contributed by atoms with van der Waals surface area (Å²) in [4.78, 5) is 25.5. The third-order valence-corrected chi connectivity index (χ3v) is 3.49. The van der Waals surface area contributed by atoms with Crippen LogP contribution in [0.3, 0.4) is 0 Å². The summed E-state index contributed by atoms with van der Waals surface area (Å²) in [5.74, 6) is -1.43. The van der Waals surface area contributed by atoms with Crippen LogP contribution in [0.4, 0.5) is 4.39 Å². The molecule has 2 amide bonds. The molecule has 1 N–H and O–H groups in total. The van der Waals surface area contributed by atoms with Gasteiger partial charge in [-0.15, -0.1) is 0 Å². The first-order valence-corrected chi connectivity index (χ1v) is 6.27. The van der Waals surface area contributed by atoms with Gasteiger partial charge in [0.25, 0.3) is 5.91 Å². The number of benzene rings is 1. The van der Waals surface area contributed by atoms with E-state index >= 15 is 0 Å². The summed E-state index contributed by atoms with van der Waals surface area (Å²) in [5.41, 5.74) is -1.13. The number of halogens is 2. The van der Waals surface area contributed by atoms with E-state index in [2.05, 4.69) is 5.32 Å². The van der Waals surface area contributed by atoms with Crippen molar-refractivity contribution in [3.63, 3.8) is 0 Å². The molecule has 102 valence electrons. The molecule has 19 heavy (non-hydrogen) atoms. The number of hydrogen-bond donors (Lipinski definition) is 1. The fraction of sp³-hybridized carbons (Fsp3) is 0.385. The number of amides is 2. The van der Waals surface area contributed by atoms with Gasteiger partial charge in [-0.25, -0.2) is 4.39 Å². The lowest BCUT2D eigenvalue weighted by atomic mass is 9.97. The highest BCUT2D eigenvalue weighted by atomic mass is 35.5. The van der Waals surface area contributed by atoms with Crippen molar-refractivity contribution in [2.45, 2.75) is 19.4 Å². The molecule has 0 saturated carbocycles. The zero-order valence-electron chi connectivity index (χ0n) is 10.7. The van der Waals surface area contributed by atoms with Gasteiger partial charge in [-0.2, -0.15) is 0 Å². The summed E-state index contributed by atoms with van der Waals surface area (Å²) in [6.07, 6.45) is 0. The molecule has 1 aromatic rings. The van der Waals surface area contributed by atoms with E-state index in [0.29, 0.717) is 13.1 Å². The Balaban J connectivity index is 2.38. The number of carbonyl (C=O) groups is 2. The number of nitrogens with one attached hydrogen (secondary N) is 1. The summed E-state index contributed by atoms with van der Waals surface area (Å²) < 4.78 is 13.7. The summed E-state index contributed by atoms with van der Waals surface area (Å²) in [7, 11) is 0. The molecule has 1 aliphatic rings. The Morgan fingerprint density at radius 1 is 1.47 bits per heavy atom. The molecule has 1 heterocycles. The molecule has 0 radical (unpaired) electrons. The summed E-state index contributed by atoms with van der Waals surface area (Å²) in [5, 5.41) is 2.96. The Kier molecular flexibility index (Phi) is 3.49. The first-order chi connectivity index (χ1) is 8.84. The molecule has 1 aliphatic heterocycles. The molecule has 0 aromatic heterocycles. The van der Waals surface area contributed by atoms with Gasteiger partial charge in [-0.3, -0.25) is 9.59 Å². The highest BCUT2D eigenvalue weighted by Crippen LogP contribution is 2.23. The van der Waals surface area contributed by atoms with Gasteiger partial charge in [0.05, 0.1) is 5.56 Å². The molecule has 4 nitrogen and oxygen atoms in total. The molecular formula is C13H14ClFN2O2. The topological polar surface area (TPSA) is 49.4 Å². The molecule has 0 atom stereocenters. The fourth-order valence-electron chi connectivity index (χ4n) is 2.06. The van der Waals surface area contributed by atoms with E-state index in [4.69, 9.17) is 11.6 Å². The van der Waals surface area contributed by atoms with Crippen LogP contribution >= 0.6 is 11.6 Å². The van der Waals surface area contributed by atoms with Crippen LogP contribution < -0.4 is 5.32 Å². The van der Waals surface area contributed by atoms with Crippen molar-refractivity contribution in [2.24, 2.45) is 0 Å².